The molecule has 0 radical (unpaired) electrons. The third-order valence-corrected chi connectivity index (χ3v) is 7.77. The molecule has 5 nitrogen and oxygen atoms in total. The smallest absolute Gasteiger partial charge is 0.243 e. The Hall–Kier alpha value is -1.50. The van der Waals surface area contributed by atoms with Crippen LogP contribution in [0.5, 0.6) is 0 Å². The molecule has 1 fully saturated rings. The van der Waals surface area contributed by atoms with Gasteiger partial charge in [-0.25, -0.2) is 8.42 Å². The molecular weight excluding hydrogens is 358 g/mol. The molecule has 0 atom stereocenters. The molecular formula is C21H31N3O2S. The number of aromatic nitrogens is 1. The van der Waals surface area contributed by atoms with Crippen LogP contribution >= 0.6 is 0 Å². The highest BCUT2D eigenvalue weighted by molar-refractivity contribution is 7.89. The van der Waals surface area contributed by atoms with E-state index in [2.05, 4.69) is 23.7 Å². The predicted molar refractivity (Wildman–Crippen MR) is 110 cm³/mol. The maximum absolute atomic E-state index is 13.2. The van der Waals surface area contributed by atoms with E-state index in [1.54, 1.807) is 34.9 Å². The lowest BCUT2D eigenvalue weighted by atomic mass is 9.93. The zero-order valence-electron chi connectivity index (χ0n) is 16.5. The molecule has 1 saturated heterocycles. The van der Waals surface area contributed by atoms with Crippen molar-refractivity contribution in [2.75, 3.05) is 32.7 Å². The number of benzene rings is 1. The van der Waals surface area contributed by atoms with Gasteiger partial charge in [0.25, 0.3) is 0 Å². The van der Waals surface area contributed by atoms with Gasteiger partial charge in [0.2, 0.25) is 10.0 Å². The number of sulfonamides is 1. The minimum absolute atomic E-state index is 0.405. The van der Waals surface area contributed by atoms with Gasteiger partial charge in [0.15, 0.2) is 0 Å². The van der Waals surface area contributed by atoms with Crippen molar-refractivity contribution in [3.05, 3.63) is 36.7 Å². The largest absolute Gasteiger partial charge is 0.304 e. The quantitative estimate of drug-likeness (QED) is 0.690. The lowest BCUT2D eigenvalue weighted by molar-refractivity contribution is 0.240. The van der Waals surface area contributed by atoms with Crippen LogP contribution in [0.1, 0.15) is 39.5 Å². The van der Waals surface area contributed by atoms with Crippen LogP contribution < -0.4 is 0 Å². The van der Waals surface area contributed by atoms with Gasteiger partial charge in [0.05, 0.1) is 4.90 Å². The number of hydrogen-bond acceptors (Lipinski definition) is 4. The van der Waals surface area contributed by atoms with Crippen molar-refractivity contribution >= 4 is 20.8 Å². The monoisotopic (exact) mass is 389 g/mol. The van der Waals surface area contributed by atoms with Crippen molar-refractivity contribution in [2.45, 2.75) is 44.4 Å². The summed E-state index contributed by atoms with van der Waals surface area (Å²) < 4.78 is 28.0. The van der Waals surface area contributed by atoms with Gasteiger partial charge >= 0.3 is 0 Å². The van der Waals surface area contributed by atoms with Crippen LogP contribution in [0.2, 0.25) is 0 Å². The third-order valence-electron chi connectivity index (χ3n) is 5.81. The molecule has 1 aromatic carbocycles. The summed E-state index contributed by atoms with van der Waals surface area (Å²) in [5.74, 6) is 0.642. The Morgan fingerprint density at radius 3 is 2.59 bits per heavy atom. The molecule has 0 aliphatic carbocycles. The van der Waals surface area contributed by atoms with E-state index < -0.39 is 10.0 Å². The minimum atomic E-state index is -3.46. The fourth-order valence-corrected chi connectivity index (χ4v) is 5.72. The van der Waals surface area contributed by atoms with Crippen molar-refractivity contribution in [2.24, 2.45) is 5.92 Å². The topological polar surface area (TPSA) is 53.5 Å². The molecule has 27 heavy (non-hydrogen) atoms. The molecule has 0 bridgehead atoms. The van der Waals surface area contributed by atoms with Crippen LogP contribution in [0.4, 0.5) is 0 Å². The summed E-state index contributed by atoms with van der Waals surface area (Å²) in [6.07, 6.45) is 7.70. The second-order valence-corrected chi connectivity index (χ2v) is 9.28. The number of hydrogen-bond donors (Lipinski definition) is 0. The summed E-state index contributed by atoms with van der Waals surface area (Å²) in [6.45, 7) is 9.02. The van der Waals surface area contributed by atoms with Crippen molar-refractivity contribution < 1.29 is 8.42 Å². The highest BCUT2D eigenvalue weighted by Crippen LogP contribution is 2.29. The maximum atomic E-state index is 13.2. The predicted octanol–water partition coefficient (Wildman–Crippen LogP) is 3.76. The minimum Gasteiger partial charge on any atom is -0.304 e. The van der Waals surface area contributed by atoms with Gasteiger partial charge in [-0.2, -0.15) is 4.31 Å². The van der Waals surface area contributed by atoms with E-state index >= 15 is 0 Å². The van der Waals surface area contributed by atoms with Gasteiger partial charge in [0, 0.05) is 36.3 Å². The van der Waals surface area contributed by atoms with Crippen LogP contribution in [0, 0.1) is 5.92 Å². The molecule has 0 amide bonds. The SMILES string of the molecule is CCN(CC)CCCC1CCN(S(=O)(=O)c2cccc3cnccc23)CC1. The van der Waals surface area contributed by atoms with E-state index in [9.17, 15) is 8.42 Å². The highest BCUT2D eigenvalue weighted by atomic mass is 32.2. The molecule has 148 valence electrons. The molecule has 0 saturated carbocycles. The summed E-state index contributed by atoms with van der Waals surface area (Å²) in [5, 5.41) is 1.62. The van der Waals surface area contributed by atoms with E-state index in [1.165, 1.54) is 12.8 Å². The molecule has 1 aliphatic heterocycles. The van der Waals surface area contributed by atoms with Crippen molar-refractivity contribution in [1.82, 2.24) is 14.2 Å². The van der Waals surface area contributed by atoms with E-state index in [4.69, 9.17) is 0 Å². The van der Waals surface area contributed by atoms with Gasteiger partial charge in [-0.3, -0.25) is 4.98 Å². The van der Waals surface area contributed by atoms with Crippen LogP contribution in [0.25, 0.3) is 10.8 Å². The molecule has 1 aromatic heterocycles. The molecule has 0 N–H and O–H groups in total. The van der Waals surface area contributed by atoms with E-state index in [-0.39, 0.29) is 0 Å². The highest BCUT2D eigenvalue weighted by Gasteiger charge is 2.30. The molecule has 2 heterocycles. The number of rotatable bonds is 8. The van der Waals surface area contributed by atoms with Crippen LogP contribution in [0.3, 0.4) is 0 Å². The third kappa shape index (κ3) is 4.68. The average Bonchev–Trinajstić information content (AvgIpc) is 2.71. The Kier molecular flexibility index (Phi) is 6.84. The fourth-order valence-electron chi connectivity index (χ4n) is 4.04. The summed E-state index contributed by atoms with van der Waals surface area (Å²) in [4.78, 5) is 6.96. The van der Waals surface area contributed by atoms with Gasteiger partial charge in [-0.05, 0) is 63.4 Å². The Morgan fingerprint density at radius 1 is 1.15 bits per heavy atom. The van der Waals surface area contributed by atoms with Gasteiger partial charge in [0.1, 0.15) is 0 Å². The van der Waals surface area contributed by atoms with Crippen molar-refractivity contribution in [3.8, 4) is 0 Å². The first-order valence-electron chi connectivity index (χ1n) is 10.1. The standard InChI is InChI=1S/C21H31N3O2S/c1-3-23(4-2)14-6-7-18-11-15-24(16-12-18)27(25,26)21-9-5-8-19-17-22-13-10-20(19)21/h5,8-10,13,17-18H,3-4,6-7,11-12,14-16H2,1-2H3. The number of fused-ring (bicyclic) bond motifs is 1. The summed E-state index contributed by atoms with van der Waals surface area (Å²) in [5.41, 5.74) is 0. The first-order chi connectivity index (χ1) is 13.1. The van der Waals surface area contributed by atoms with Crippen LogP contribution in [-0.4, -0.2) is 55.3 Å². The van der Waals surface area contributed by atoms with Crippen molar-refractivity contribution in [1.29, 1.82) is 0 Å². The van der Waals surface area contributed by atoms with Crippen molar-refractivity contribution in [3.63, 3.8) is 0 Å². The van der Waals surface area contributed by atoms with Gasteiger partial charge in [-0.1, -0.05) is 26.0 Å². The maximum Gasteiger partial charge on any atom is 0.243 e. The van der Waals surface area contributed by atoms with E-state index in [0.29, 0.717) is 23.9 Å². The molecule has 3 rings (SSSR count). The summed E-state index contributed by atoms with van der Waals surface area (Å²) in [6, 6.07) is 7.22. The van der Waals surface area contributed by atoms with E-state index in [0.717, 1.165) is 43.2 Å². The Labute approximate surface area is 163 Å². The zero-order valence-corrected chi connectivity index (χ0v) is 17.3. The molecule has 2 aromatic rings. The summed E-state index contributed by atoms with van der Waals surface area (Å²) >= 11 is 0. The Balaban J connectivity index is 1.61. The Morgan fingerprint density at radius 2 is 1.89 bits per heavy atom. The van der Waals surface area contributed by atoms with Gasteiger partial charge < -0.3 is 4.90 Å². The molecule has 1 aliphatic rings. The van der Waals surface area contributed by atoms with Gasteiger partial charge in [-0.15, -0.1) is 0 Å². The van der Waals surface area contributed by atoms with Crippen LogP contribution in [0.15, 0.2) is 41.6 Å². The number of piperidine rings is 1. The normalized spacial score (nSPS) is 17.0. The second-order valence-electron chi connectivity index (χ2n) is 7.37. The Bertz CT molecular complexity index is 836. The molecule has 0 unspecified atom stereocenters. The van der Waals surface area contributed by atoms with E-state index in [1.807, 2.05) is 6.07 Å². The molecule has 6 heteroatoms. The first kappa shape index (κ1) is 20.2. The second kappa shape index (κ2) is 9.13. The average molecular weight is 390 g/mol. The first-order valence-corrected chi connectivity index (χ1v) is 11.6. The van der Waals surface area contributed by atoms with Crippen LogP contribution in [-0.2, 0) is 10.0 Å². The molecule has 0 spiro atoms. The lowest BCUT2D eigenvalue weighted by Crippen LogP contribution is -2.38. The number of nitrogens with zero attached hydrogens (tertiary/aromatic N) is 3. The fraction of sp³-hybridized carbons (Fsp3) is 0.571. The summed E-state index contributed by atoms with van der Waals surface area (Å²) in [7, 11) is -3.46. The number of pyridine rings is 1. The zero-order chi connectivity index (χ0) is 19.3. The lowest BCUT2D eigenvalue weighted by Gasteiger charge is -2.32.